The number of rotatable bonds is 3. The van der Waals surface area contributed by atoms with Crippen LogP contribution in [0.2, 0.25) is 0 Å². The van der Waals surface area contributed by atoms with Crippen LogP contribution in [0.15, 0.2) is 0 Å². The van der Waals surface area contributed by atoms with Gasteiger partial charge in [0.1, 0.15) is 0 Å². The maximum absolute atomic E-state index is 12.1. The largest absolute Gasteiger partial charge is 0.481 e. The number of aromatic nitrogens is 2. The average molecular weight is 295 g/mol. The molecular formula is C14H21N3O4. The van der Waals surface area contributed by atoms with Gasteiger partial charge in [0.15, 0.2) is 0 Å². The van der Waals surface area contributed by atoms with E-state index in [1.807, 2.05) is 0 Å². The van der Waals surface area contributed by atoms with Crippen LogP contribution in [0.1, 0.15) is 36.6 Å². The molecule has 0 radical (unpaired) electrons. The molecule has 2 rings (SSSR count). The van der Waals surface area contributed by atoms with E-state index in [9.17, 15) is 14.7 Å². The molecule has 0 saturated carbocycles. The number of aryl methyl sites for hydroxylation is 2. The summed E-state index contributed by atoms with van der Waals surface area (Å²) in [6, 6.07) is -0.554. The molecule has 116 valence electrons. The van der Waals surface area contributed by atoms with E-state index >= 15 is 0 Å². The molecule has 1 aliphatic heterocycles. The van der Waals surface area contributed by atoms with Gasteiger partial charge in [0.05, 0.1) is 30.3 Å². The highest BCUT2D eigenvalue weighted by molar-refractivity contribution is 5.79. The Morgan fingerprint density at radius 3 is 2.67 bits per heavy atom. The molecule has 0 aliphatic carbocycles. The minimum absolute atomic E-state index is 0.0472. The summed E-state index contributed by atoms with van der Waals surface area (Å²) in [5, 5.41) is 13.9. The number of carbonyl (C=O) groups is 2. The molecule has 1 N–H and O–H groups in total. The van der Waals surface area contributed by atoms with Crippen LogP contribution in [0.4, 0.5) is 0 Å². The van der Waals surface area contributed by atoms with Crippen LogP contribution < -0.4 is 4.74 Å². The van der Waals surface area contributed by atoms with Gasteiger partial charge in [0.2, 0.25) is 11.8 Å². The fraction of sp³-hybridized carbons (Fsp3) is 0.643. The van der Waals surface area contributed by atoms with Gasteiger partial charge in [-0.25, -0.2) is 4.68 Å². The fourth-order valence-electron chi connectivity index (χ4n) is 3.12. The van der Waals surface area contributed by atoms with Crippen LogP contribution in [0.3, 0.4) is 0 Å². The topological polar surface area (TPSA) is 84.7 Å². The Morgan fingerprint density at radius 1 is 1.43 bits per heavy atom. The molecule has 1 saturated heterocycles. The number of likely N-dealkylation sites (tertiary alicyclic amines) is 1. The van der Waals surface area contributed by atoms with Gasteiger partial charge in [-0.1, -0.05) is 0 Å². The predicted octanol–water partition coefficient (Wildman–Crippen LogP) is 1.12. The zero-order valence-corrected chi connectivity index (χ0v) is 12.8. The van der Waals surface area contributed by atoms with Crippen molar-refractivity contribution in [1.82, 2.24) is 14.7 Å². The second kappa shape index (κ2) is 5.75. The molecule has 1 fully saturated rings. The molecule has 2 heterocycles. The van der Waals surface area contributed by atoms with E-state index in [2.05, 4.69) is 5.10 Å². The van der Waals surface area contributed by atoms with Crippen molar-refractivity contribution in [2.24, 2.45) is 13.0 Å². The van der Waals surface area contributed by atoms with Crippen LogP contribution in [0.5, 0.6) is 5.88 Å². The molecule has 2 unspecified atom stereocenters. The maximum atomic E-state index is 12.1. The molecule has 1 aromatic rings. The summed E-state index contributed by atoms with van der Waals surface area (Å²) in [4.78, 5) is 25.3. The number of ether oxygens (including phenoxy) is 1. The van der Waals surface area contributed by atoms with E-state index in [0.29, 0.717) is 36.4 Å². The maximum Gasteiger partial charge on any atom is 0.308 e. The molecule has 7 heteroatoms. The second-order valence-corrected chi connectivity index (χ2v) is 5.42. The van der Waals surface area contributed by atoms with Crippen molar-refractivity contribution >= 4 is 11.9 Å². The molecule has 0 bridgehead atoms. The van der Waals surface area contributed by atoms with Gasteiger partial charge in [-0.15, -0.1) is 0 Å². The van der Waals surface area contributed by atoms with Crippen molar-refractivity contribution in [3.8, 4) is 5.88 Å². The van der Waals surface area contributed by atoms with E-state index in [1.54, 1.807) is 25.7 Å². The second-order valence-electron chi connectivity index (χ2n) is 5.42. The van der Waals surface area contributed by atoms with Gasteiger partial charge >= 0.3 is 5.97 Å². The number of aliphatic carboxylic acids is 1. The van der Waals surface area contributed by atoms with Crippen molar-refractivity contribution in [2.45, 2.75) is 32.2 Å². The molecule has 21 heavy (non-hydrogen) atoms. The number of hydrogen-bond donors (Lipinski definition) is 1. The van der Waals surface area contributed by atoms with Crippen molar-refractivity contribution < 1.29 is 19.4 Å². The molecule has 1 amide bonds. The van der Waals surface area contributed by atoms with Gasteiger partial charge in [0, 0.05) is 20.5 Å². The quantitative estimate of drug-likeness (QED) is 0.903. The third kappa shape index (κ3) is 2.59. The molecule has 0 spiro atoms. The lowest BCUT2D eigenvalue weighted by molar-refractivity contribution is -0.145. The Balaban J connectivity index is 2.59. The van der Waals surface area contributed by atoms with E-state index in [0.717, 1.165) is 0 Å². The van der Waals surface area contributed by atoms with E-state index in [1.165, 1.54) is 12.0 Å². The first-order valence-electron chi connectivity index (χ1n) is 6.94. The van der Waals surface area contributed by atoms with Crippen molar-refractivity contribution in [3.05, 3.63) is 11.3 Å². The highest BCUT2D eigenvalue weighted by Crippen LogP contribution is 2.40. The first kappa shape index (κ1) is 15.3. The van der Waals surface area contributed by atoms with Gasteiger partial charge in [-0.2, -0.15) is 5.10 Å². The zero-order valence-electron chi connectivity index (χ0n) is 12.8. The summed E-state index contributed by atoms with van der Waals surface area (Å²) in [5.41, 5.74) is 1.37. The third-order valence-electron chi connectivity index (χ3n) is 4.12. The number of nitrogens with zero attached hydrogens (tertiary/aromatic N) is 3. The number of carbonyl (C=O) groups excluding carboxylic acids is 1. The monoisotopic (exact) mass is 295 g/mol. The first-order valence-corrected chi connectivity index (χ1v) is 6.94. The summed E-state index contributed by atoms with van der Waals surface area (Å²) in [6.45, 7) is 1.81. The number of amides is 1. The van der Waals surface area contributed by atoms with Crippen LogP contribution in [0, 0.1) is 12.8 Å². The molecule has 0 aromatic carbocycles. The normalized spacial score (nSPS) is 23.0. The third-order valence-corrected chi connectivity index (χ3v) is 4.12. The highest BCUT2D eigenvalue weighted by atomic mass is 16.5. The first-order chi connectivity index (χ1) is 9.88. The van der Waals surface area contributed by atoms with Crippen LogP contribution in [0.25, 0.3) is 0 Å². The molecule has 7 nitrogen and oxygen atoms in total. The van der Waals surface area contributed by atoms with E-state index in [4.69, 9.17) is 4.74 Å². The van der Waals surface area contributed by atoms with Crippen LogP contribution >= 0.6 is 0 Å². The Labute approximate surface area is 123 Å². The van der Waals surface area contributed by atoms with Crippen molar-refractivity contribution in [2.75, 3.05) is 14.2 Å². The molecule has 1 aromatic heterocycles. The lowest BCUT2D eigenvalue weighted by Gasteiger charge is -2.30. The summed E-state index contributed by atoms with van der Waals surface area (Å²) >= 11 is 0. The van der Waals surface area contributed by atoms with Crippen molar-refractivity contribution in [1.29, 1.82) is 0 Å². The predicted molar refractivity (Wildman–Crippen MR) is 75.0 cm³/mol. The SMILES string of the molecule is COc1c(C2C(C(=O)O)CCCC(=O)N2C)c(C)nn1C. The number of hydrogen-bond acceptors (Lipinski definition) is 4. The summed E-state index contributed by atoms with van der Waals surface area (Å²) in [6.07, 6.45) is 1.42. The fourth-order valence-corrected chi connectivity index (χ4v) is 3.12. The van der Waals surface area contributed by atoms with Gasteiger partial charge in [0.25, 0.3) is 0 Å². The summed E-state index contributed by atoms with van der Waals surface area (Å²) < 4.78 is 6.95. The van der Waals surface area contributed by atoms with Crippen molar-refractivity contribution in [3.63, 3.8) is 0 Å². The number of carboxylic acid groups (broad SMARTS) is 1. The summed E-state index contributed by atoms with van der Waals surface area (Å²) in [5.74, 6) is -1.09. The summed E-state index contributed by atoms with van der Waals surface area (Å²) in [7, 11) is 4.91. The minimum Gasteiger partial charge on any atom is -0.481 e. The molecule has 2 atom stereocenters. The minimum atomic E-state index is -0.896. The smallest absolute Gasteiger partial charge is 0.308 e. The van der Waals surface area contributed by atoms with E-state index in [-0.39, 0.29) is 5.91 Å². The Morgan fingerprint density at radius 2 is 2.10 bits per heavy atom. The number of carboxylic acids is 1. The Hall–Kier alpha value is -2.05. The van der Waals surface area contributed by atoms with E-state index < -0.39 is 17.9 Å². The van der Waals surface area contributed by atoms with Gasteiger partial charge in [-0.3, -0.25) is 9.59 Å². The molecular weight excluding hydrogens is 274 g/mol. The van der Waals surface area contributed by atoms with Gasteiger partial charge < -0.3 is 14.7 Å². The highest BCUT2D eigenvalue weighted by Gasteiger charge is 2.40. The standard InChI is InChI=1S/C14H21N3O4/c1-8-11(13(21-4)17(3)15-8)12-9(14(19)20)6-5-7-10(18)16(12)2/h9,12H,5-7H2,1-4H3,(H,19,20). The Bertz CT molecular complexity index is 567. The van der Waals surface area contributed by atoms with Crippen LogP contribution in [-0.2, 0) is 16.6 Å². The molecule has 1 aliphatic rings. The number of methoxy groups -OCH3 is 1. The lowest BCUT2D eigenvalue weighted by Crippen LogP contribution is -2.36. The zero-order chi connectivity index (χ0) is 15.7. The van der Waals surface area contributed by atoms with Crippen LogP contribution in [-0.4, -0.2) is 45.8 Å². The average Bonchev–Trinajstić information content (AvgIpc) is 2.61. The Kier molecular flexibility index (Phi) is 4.20. The van der Waals surface area contributed by atoms with Gasteiger partial charge in [-0.05, 0) is 19.8 Å². The lowest BCUT2D eigenvalue weighted by atomic mass is 9.89.